The Bertz CT molecular complexity index is 914. The number of benzene rings is 2. The fraction of sp³-hybridized carbons (Fsp3) is 0.222. The van der Waals surface area contributed by atoms with Crippen molar-refractivity contribution in [2.45, 2.75) is 12.3 Å². The first kappa shape index (κ1) is 20.9. The predicted octanol–water partition coefficient (Wildman–Crippen LogP) is 1.44. The number of sulfonamides is 1. The molecular weight excluding hydrogens is 390 g/mol. The van der Waals surface area contributed by atoms with Crippen molar-refractivity contribution in [3.05, 3.63) is 70.2 Å². The van der Waals surface area contributed by atoms with Gasteiger partial charge in [0.25, 0.3) is 5.91 Å². The highest BCUT2D eigenvalue weighted by atomic mass is 35.5. The number of hydrogen-bond acceptors (Lipinski definition) is 4. The lowest BCUT2D eigenvalue weighted by Gasteiger charge is -2.08. The van der Waals surface area contributed by atoms with Crippen LogP contribution in [-0.4, -0.2) is 33.8 Å². The zero-order valence-electron chi connectivity index (χ0n) is 14.7. The van der Waals surface area contributed by atoms with Crippen LogP contribution >= 0.6 is 11.6 Å². The van der Waals surface area contributed by atoms with E-state index in [1.807, 2.05) is 0 Å². The fourth-order valence-electron chi connectivity index (χ4n) is 2.20. The Labute approximate surface area is 163 Å². The van der Waals surface area contributed by atoms with Crippen LogP contribution in [0, 0.1) is 0 Å². The van der Waals surface area contributed by atoms with Crippen molar-refractivity contribution in [1.82, 2.24) is 15.4 Å². The fourth-order valence-corrected chi connectivity index (χ4v) is 3.17. The maximum absolute atomic E-state index is 11.9. The minimum absolute atomic E-state index is 0.105. The first-order valence-electron chi connectivity index (χ1n) is 8.08. The number of hydrogen-bond donors (Lipinski definition) is 3. The van der Waals surface area contributed by atoms with E-state index in [1.54, 1.807) is 42.5 Å². The largest absolute Gasteiger partial charge is 0.350 e. The van der Waals surface area contributed by atoms with Crippen LogP contribution in [0.3, 0.4) is 0 Å². The number of carbonyl (C=O) groups is 2. The van der Waals surface area contributed by atoms with Gasteiger partial charge in [-0.25, -0.2) is 13.1 Å². The van der Waals surface area contributed by atoms with Crippen molar-refractivity contribution < 1.29 is 18.0 Å². The molecule has 27 heavy (non-hydrogen) atoms. The Hall–Kier alpha value is -2.42. The maximum atomic E-state index is 11.9. The smallest absolute Gasteiger partial charge is 0.251 e. The molecule has 0 unspecified atom stereocenters. The molecule has 0 bridgehead atoms. The predicted molar refractivity (Wildman–Crippen MR) is 104 cm³/mol. The van der Waals surface area contributed by atoms with Crippen molar-refractivity contribution >= 4 is 33.4 Å². The van der Waals surface area contributed by atoms with E-state index < -0.39 is 10.0 Å². The number of rotatable bonds is 8. The van der Waals surface area contributed by atoms with E-state index in [9.17, 15) is 18.0 Å². The Morgan fingerprint density at radius 3 is 2.30 bits per heavy atom. The number of amides is 2. The van der Waals surface area contributed by atoms with Gasteiger partial charge in [0.1, 0.15) is 0 Å². The van der Waals surface area contributed by atoms with E-state index in [1.165, 1.54) is 13.1 Å². The summed E-state index contributed by atoms with van der Waals surface area (Å²) in [4.78, 5) is 23.8. The lowest BCUT2D eigenvalue weighted by atomic mass is 10.1. The van der Waals surface area contributed by atoms with Gasteiger partial charge in [-0.1, -0.05) is 41.9 Å². The van der Waals surface area contributed by atoms with Gasteiger partial charge in [-0.2, -0.15) is 0 Å². The molecule has 2 rings (SSSR count). The van der Waals surface area contributed by atoms with E-state index in [0.717, 1.165) is 5.56 Å². The van der Waals surface area contributed by atoms with Crippen LogP contribution in [0.4, 0.5) is 0 Å². The summed E-state index contributed by atoms with van der Waals surface area (Å²) in [6, 6.07) is 13.3. The zero-order valence-corrected chi connectivity index (χ0v) is 16.2. The van der Waals surface area contributed by atoms with Crippen LogP contribution in [-0.2, 0) is 27.1 Å². The lowest BCUT2D eigenvalue weighted by Crippen LogP contribution is -2.36. The molecule has 0 spiro atoms. The molecule has 144 valence electrons. The second kappa shape index (κ2) is 9.50. The van der Waals surface area contributed by atoms with Crippen LogP contribution in [0.1, 0.15) is 21.5 Å². The second-order valence-corrected chi connectivity index (χ2v) is 8.11. The Balaban J connectivity index is 1.79. The van der Waals surface area contributed by atoms with Gasteiger partial charge in [0, 0.05) is 17.1 Å². The first-order valence-corrected chi connectivity index (χ1v) is 10.1. The molecule has 9 heteroatoms. The van der Waals surface area contributed by atoms with Gasteiger partial charge in [0.2, 0.25) is 15.9 Å². The van der Waals surface area contributed by atoms with Gasteiger partial charge in [0.05, 0.1) is 12.3 Å². The molecule has 0 heterocycles. The average molecular weight is 410 g/mol. The summed E-state index contributed by atoms with van der Waals surface area (Å²) in [7, 11) is -1.96. The lowest BCUT2D eigenvalue weighted by molar-refractivity contribution is -0.120. The highest BCUT2D eigenvalue weighted by molar-refractivity contribution is 7.88. The summed E-state index contributed by atoms with van der Waals surface area (Å²) in [5.74, 6) is -0.832. The Kier molecular flexibility index (Phi) is 7.35. The van der Waals surface area contributed by atoms with Gasteiger partial charge in [-0.05, 0) is 36.4 Å². The maximum Gasteiger partial charge on any atom is 0.251 e. The standard InChI is InChI=1S/C18H20ClN3O4S/c1-20-27(25,26)12-14-7-5-13(6-8-14)10-21-17(23)11-22-18(24)15-3-2-4-16(19)9-15/h2-9,20H,10-12H2,1H3,(H,21,23)(H,22,24). The van der Waals surface area contributed by atoms with E-state index in [-0.39, 0.29) is 30.7 Å². The molecule has 7 nitrogen and oxygen atoms in total. The molecule has 0 aliphatic heterocycles. The molecule has 2 aromatic carbocycles. The monoisotopic (exact) mass is 409 g/mol. The molecule has 0 aromatic heterocycles. The van der Waals surface area contributed by atoms with Gasteiger partial charge in [0.15, 0.2) is 0 Å². The molecule has 0 fully saturated rings. The topological polar surface area (TPSA) is 104 Å². The quantitative estimate of drug-likeness (QED) is 0.613. The molecule has 3 N–H and O–H groups in total. The van der Waals surface area contributed by atoms with Crippen LogP contribution in [0.5, 0.6) is 0 Å². The number of carbonyl (C=O) groups excluding carboxylic acids is 2. The molecule has 0 aliphatic carbocycles. The second-order valence-electron chi connectivity index (χ2n) is 5.75. The molecule has 2 aromatic rings. The van der Waals surface area contributed by atoms with E-state index >= 15 is 0 Å². The number of nitrogens with one attached hydrogen (secondary N) is 3. The molecule has 2 amide bonds. The van der Waals surface area contributed by atoms with E-state index in [2.05, 4.69) is 15.4 Å². The zero-order chi connectivity index (χ0) is 19.9. The molecule has 0 radical (unpaired) electrons. The number of halogens is 1. The SMILES string of the molecule is CNS(=O)(=O)Cc1ccc(CNC(=O)CNC(=O)c2cccc(Cl)c2)cc1. The molecule has 0 saturated carbocycles. The summed E-state index contributed by atoms with van der Waals surface area (Å²) in [5.41, 5.74) is 1.84. The summed E-state index contributed by atoms with van der Waals surface area (Å²) < 4.78 is 25.3. The summed E-state index contributed by atoms with van der Waals surface area (Å²) in [6.07, 6.45) is 0. The Morgan fingerprint density at radius 2 is 1.67 bits per heavy atom. The van der Waals surface area contributed by atoms with Gasteiger partial charge in [-0.15, -0.1) is 0 Å². The Morgan fingerprint density at radius 1 is 1.00 bits per heavy atom. The van der Waals surface area contributed by atoms with E-state index in [0.29, 0.717) is 16.1 Å². The summed E-state index contributed by atoms with van der Waals surface area (Å²) >= 11 is 5.83. The highest BCUT2D eigenvalue weighted by Gasteiger charge is 2.10. The highest BCUT2D eigenvalue weighted by Crippen LogP contribution is 2.10. The van der Waals surface area contributed by atoms with Crippen molar-refractivity contribution in [1.29, 1.82) is 0 Å². The third-order valence-corrected chi connectivity index (χ3v) is 5.25. The average Bonchev–Trinajstić information content (AvgIpc) is 2.65. The molecule has 0 saturated heterocycles. The minimum Gasteiger partial charge on any atom is -0.350 e. The third kappa shape index (κ3) is 7.01. The van der Waals surface area contributed by atoms with Crippen LogP contribution in [0.15, 0.2) is 48.5 Å². The van der Waals surface area contributed by atoms with Crippen molar-refractivity contribution in [2.24, 2.45) is 0 Å². The molecule has 0 aliphatic rings. The normalized spacial score (nSPS) is 11.0. The molecule has 0 atom stereocenters. The summed E-state index contributed by atoms with van der Waals surface area (Å²) in [5, 5.41) is 5.65. The molecular formula is C18H20ClN3O4S. The van der Waals surface area contributed by atoms with Gasteiger partial charge < -0.3 is 10.6 Å². The third-order valence-electron chi connectivity index (χ3n) is 3.68. The first-order chi connectivity index (χ1) is 12.8. The van der Waals surface area contributed by atoms with Gasteiger partial charge in [-0.3, -0.25) is 9.59 Å². The van der Waals surface area contributed by atoms with Crippen LogP contribution < -0.4 is 15.4 Å². The summed E-state index contributed by atoms with van der Waals surface area (Å²) in [6.45, 7) is 0.106. The van der Waals surface area contributed by atoms with Crippen LogP contribution in [0.2, 0.25) is 5.02 Å². The van der Waals surface area contributed by atoms with Crippen molar-refractivity contribution in [3.8, 4) is 0 Å². The van der Waals surface area contributed by atoms with E-state index in [4.69, 9.17) is 11.6 Å². The van der Waals surface area contributed by atoms with Gasteiger partial charge >= 0.3 is 0 Å². The minimum atomic E-state index is -3.32. The van der Waals surface area contributed by atoms with Crippen LogP contribution in [0.25, 0.3) is 0 Å². The van der Waals surface area contributed by atoms with Crippen molar-refractivity contribution in [2.75, 3.05) is 13.6 Å². The van der Waals surface area contributed by atoms with Crippen molar-refractivity contribution in [3.63, 3.8) is 0 Å².